The Morgan fingerprint density at radius 3 is 2.56 bits per heavy atom. The smallest absolute Gasteiger partial charge is 0.231 e. The van der Waals surface area contributed by atoms with Crippen LogP contribution in [0.5, 0.6) is 11.5 Å². The number of hydrogen-bond acceptors (Lipinski definition) is 10. The first-order valence-corrected chi connectivity index (χ1v) is 15.4. The maximum atomic E-state index is 12.9. The van der Waals surface area contributed by atoms with E-state index in [1.807, 2.05) is 53.9 Å². The van der Waals surface area contributed by atoms with Crippen molar-refractivity contribution in [3.05, 3.63) is 84.1 Å². The van der Waals surface area contributed by atoms with Crippen LogP contribution in [0.15, 0.2) is 72.9 Å². The summed E-state index contributed by atoms with van der Waals surface area (Å²) in [6.45, 7) is 0.178. The first-order chi connectivity index (χ1) is 20.6. The van der Waals surface area contributed by atoms with Gasteiger partial charge in [0.25, 0.3) is 0 Å². The second kappa shape index (κ2) is 11.2. The standard InChI is InChI=1S/C30H29N7O5S/c1-36(26-13-14-31-29(33-26)32-21-10-7-19(8-11-21)17-43(3,39)40)22-5-4-6-23-28(22)35-30(37(23)2)34-27(38)16-20-9-12-24-25(15-20)42-18-41-24/h4-15H,16-18H2,1-3H3,(H,31,32,33)(H,34,35,38). The third kappa shape index (κ3) is 6.21. The van der Waals surface area contributed by atoms with Gasteiger partial charge < -0.3 is 24.3 Å². The van der Waals surface area contributed by atoms with Crippen molar-refractivity contribution in [2.24, 2.45) is 7.05 Å². The summed E-state index contributed by atoms with van der Waals surface area (Å²) < 4.78 is 35.7. The Kier molecular flexibility index (Phi) is 7.32. The summed E-state index contributed by atoms with van der Waals surface area (Å²) in [7, 11) is 0.619. The largest absolute Gasteiger partial charge is 0.454 e. The highest BCUT2D eigenvalue weighted by molar-refractivity contribution is 7.89. The van der Waals surface area contributed by atoms with Crippen LogP contribution in [-0.2, 0) is 33.9 Å². The van der Waals surface area contributed by atoms with Gasteiger partial charge in [0.2, 0.25) is 24.6 Å². The lowest BCUT2D eigenvalue weighted by atomic mass is 10.1. The molecule has 2 aromatic heterocycles. The third-order valence-electron chi connectivity index (χ3n) is 6.93. The van der Waals surface area contributed by atoms with Gasteiger partial charge in [-0.2, -0.15) is 4.98 Å². The topological polar surface area (TPSA) is 141 Å². The minimum absolute atomic E-state index is 0.0194. The zero-order chi connectivity index (χ0) is 30.1. The predicted molar refractivity (Wildman–Crippen MR) is 164 cm³/mol. The minimum Gasteiger partial charge on any atom is -0.454 e. The molecule has 13 heteroatoms. The molecule has 0 aliphatic carbocycles. The number of anilines is 5. The molecular formula is C30H29N7O5S. The number of rotatable bonds is 9. The van der Waals surface area contributed by atoms with Crippen molar-refractivity contribution >= 4 is 55.9 Å². The van der Waals surface area contributed by atoms with Crippen LogP contribution < -0.4 is 25.0 Å². The summed E-state index contributed by atoms with van der Waals surface area (Å²) in [5.41, 5.74) is 4.56. The monoisotopic (exact) mass is 599 g/mol. The molecule has 3 heterocycles. The Balaban J connectivity index is 1.19. The Labute approximate surface area is 248 Å². The molecular weight excluding hydrogens is 570 g/mol. The maximum Gasteiger partial charge on any atom is 0.231 e. The molecule has 220 valence electrons. The summed E-state index contributed by atoms with van der Waals surface area (Å²) >= 11 is 0. The van der Waals surface area contributed by atoms with Crippen molar-refractivity contribution in [2.45, 2.75) is 12.2 Å². The van der Waals surface area contributed by atoms with Crippen LogP contribution in [0.2, 0.25) is 0 Å². The number of para-hydroxylation sites is 1. The third-order valence-corrected chi connectivity index (χ3v) is 7.79. The lowest BCUT2D eigenvalue weighted by molar-refractivity contribution is -0.115. The number of nitrogens with one attached hydrogen (secondary N) is 2. The number of ether oxygens (including phenoxy) is 2. The molecule has 6 rings (SSSR count). The molecule has 2 N–H and O–H groups in total. The van der Waals surface area contributed by atoms with Gasteiger partial charge in [0.05, 0.1) is 23.4 Å². The van der Waals surface area contributed by atoms with Crippen LogP contribution in [0, 0.1) is 0 Å². The fraction of sp³-hybridized carbons (Fsp3) is 0.200. The fourth-order valence-corrected chi connectivity index (χ4v) is 5.62. The van der Waals surface area contributed by atoms with E-state index < -0.39 is 9.84 Å². The van der Waals surface area contributed by atoms with E-state index in [9.17, 15) is 13.2 Å². The molecule has 0 saturated carbocycles. The highest BCUT2D eigenvalue weighted by Crippen LogP contribution is 2.34. The summed E-state index contributed by atoms with van der Waals surface area (Å²) in [5.74, 6) is 2.50. The van der Waals surface area contributed by atoms with E-state index in [4.69, 9.17) is 14.5 Å². The molecule has 0 bridgehead atoms. The summed E-state index contributed by atoms with van der Waals surface area (Å²) in [5, 5.41) is 6.09. The average Bonchev–Trinajstić information content (AvgIpc) is 3.57. The molecule has 1 aliphatic rings. The van der Waals surface area contributed by atoms with E-state index in [0.29, 0.717) is 40.3 Å². The number of amides is 1. The number of aryl methyl sites for hydroxylation is 1. The normalized spacial score (nSPS) is 12.3. The van der Waals surface area contributed by atoms with Gasteiger partial charge in [-0.05, 0) is 53.6 Å². The van der Waals surface area contributed by atoms with Crippen molar-refractivity contribution in [3.8, 4) is 11.5 Å². The molecule has 0 radical (unpaired) electrons. The zero-order valence-corrected chi connectivity index (χ0v) is 24.6. The highest BCUT2D eigenvalue weighted by atomic mass is 32.2. The highest BCUT2D eigenvalue weighted by Gasteiger charge is 2.19. The summed E-state index contributed by atoms with van der Waals surface area (Å²) in [6.07, 6.45) is 3.02. The van der Waals surface area contributed by atoms with Crippen LogP contribution in [0.25, 0.3) is 11.0 Å². The zero-order valence-electron chi connectivity index (χ0n) is 23.7. The van der Waals surface area contributed by atoms with Gasteiger partial charge in [-0.25, -0.2) is 18.4 Å². The molecule has 0 saturated heterocycles. The van der Waals surface area contributed by atoms with Crippen molar-refractivity contribution < 1.29 is 22.7 Å². The van der Waals surface area contributed by atoms with E-state index in [2.05, 4.69) is 20.6 Å². The number of carbonyl (C=O) groups is 1. The number of hydrogen-bond donors (Lipinski definition) is 2. The Morgan fingerprint density at radius 1 is 1.00 bits per heavy atom. The lowest BCUT2D eigenvalue weighted by Gasteiger charge is -2.19. The number of carbonyl (C=O) groups excluding carboxylic acids is 1. The van der Waals surface area contributed by atoms with Crippen LogP contribution in [-0.4, -0.2) is 53.9 Å². The number of aromatic nitrogens is 4. The molecule has 0 spiro atoms. The minimum atomic E-state index is -3.11. The van der Waals surface area contributed by atoms with Crippen molar-refractivity contribution in [1.29, 1.82) is 0 Å². The summed E-state index contributed by atoms with van der Waals surface area (Å²) in [6, 6.07) is 20.1. The number of benzene rings is 3. The Morgan fingerprint density at radius 2 is 1.77 bits per heavy atom. The fourth-order valence-electron chi connectivity index (χ4n) is 4.82. The molecule has 12 nitrogen and oxygen atoms in total. The van der Waals surface area contributed by atoms with Gasteiger partial charge in [0.15, 0.2) is 21.3 Å². The van der Waals surface area contributed by atoms with Gasteiger partial charge >= 0.3 is 0 Å². The van der Waals surface area contributed by atoms with Crippen LogP contribution in [0.4, 0.5) is 29.1 Å². The van der Waals surface area contributed by atoms with Crippen LogP contribution in [0.3, 0.4) is 0 Å². The molecule has 0 atom stereocenters. The second-order valence-electron chi connectivity index (χ2n) is 10.2. The van der Waals surface area contributed by atoms with E-state index >= 15 is 0 Å². The SMILES string of the molecule is CN(c1ccnc(Nc2ccc(CS(C)(=O)=O)cc2)n1)c1cccc2c1nc(NC(=O)Cc1ccc3c(c1)OCO3)n2C. The Hall–Kier alpha value is -5.17. The predicted octanol–water partition coefficient (Wildman–Crippen LogP) is 4.33. The van der Waals surface area contributed by atoms with Gasteiger partial charge in [-0.15, -0.1) is 0 Å². The van der Waals surface area contributed by atoms with Crippen molar-refractivity contribution in [3.63, 3.8) is 0 Å². The van der Waals surface area contributed by atoms with Crippen molar-refractivity contribution in [2.75, 3.05) is 35.6 Å². The molecule has 5 aromatic rings. The maximum absolute atomic E-state index is 12.9. The first-order valence-electron chi connectivity index (χ1n) is 13.4. The van der Waals surface area contributed by atoms with Crippen LogP contribution >= 0.6 is 0 Å². The molecule has 1 amide bonds. The van der Waals surface area contributed by atoms with E-state index in [1.54, 1.807) is 42.6 Å². The summed E-state index contributed by atoms with van der Waals surface area (Å²) in [4.78, 5) is 28.6. The first kappa shape index (κ1) is 28.0. The lowest BCUT2D eigenvalue weighted by Crippen LogP contribution is -2.17. The quantitative estimate of drug-likeness (QED) is 0.252. The number of sulfone groups is 1. The molecule has 3 aromatic carbocycles. The van der Waals surface area contributed by atoms with E-state index in [-0.39, 0.29) is 24.9 Å². The number of imidazole rings is 1. The second-order valence-corrected chi connectivity index (χ2v) is 12.4. The molecule has 43 heavy (non-hydrogen) atoms. The van der Waals surface area contributed by atoms with E-state index in [0.717, 1.165) is 22.5 Å². The van der Waals surface area contributed by atoms with E-state index in [1.165, 1.54) is 6.26 Å². The van der Waals surface area contributed by atoms with Gasteiger partial charge in [0, 0.05) is 32.2 Å². The van der Waals surface area contributed by atoms with Gasteiger partial charge in [-0.1, -0.05) is 24.3 Å². The number of nitrogens with zero attached hydrogens (tertiary/aromatic N) is 5. The number of fused-ring (bicyclic) bond motifs is 2. The van der Waals surface area contributed by atoms with Gasteiger partial charge in [0.1, 0.15) is 11.3 Å². The van der Waals surface area contributed by atoms with Crippen molar-refractivity contribution in [1.82, 2.24) is 19.5 Å². The molecule has 0 unspecified atom stereocenters. The molecule has 0 fully saturated rings. The Bertz CT molecular complexity index is 1940. The molecule has 1 aliphatic heterocycles. The van der Waals surface area contributed by atoms with Crippen LogP contribution in [0.1, 0.15) is 11.1 Å². The average molecular weight is 600 g/mol. The van der Waals surface area contributed by atoms with Gasteiger partial charge in [-0.3, -0.25) is 10.1 Å².